The van der Waals surface area contributed by atoms with Gasteiger partial charge in [-0.1, -0.05) is 48.9 Å². The van der Waals surface area contributed by atoms with Crippen LogP contribution in [0, 0.1) is 0 Å². The van der Waals surface area contributed by atoms with Crippen molar-refractivity contribution in [2.24, 2.45) is 0 Å². The summed E-state index contributed by atoms with van der Waals surface area (Å²) in [7, 11) is 0. The van der Waals surface area contributed by atoms with Gasteiger partial charge in [-0.25, -0.2) is 0 Å². The molecule has 0 fully saturated rings. The van der Waals surface area contributed by atoms with Gasteiger partial charge in [0.1, 0.15) is 5.75 Å². The highest BCUT2D eigenvalue weighted by Crippen LogP contribution is 2.25. The number of hydrogen-bond acceptors (Lipinski definition) is 4. The van der Waals surface area contributed by atoms with Crippen LogP contribution in [0.5, 0.6) is 5.75 Å². The van der Waals surface area contributed by atoms with Crippen LogP contribution in [-0.2, 0) is 20.8 Å². The molecule has 0 saturated carbocycles. The van der Waals surface area contributed by atoms with Crippen molar-refractivity contribution in [3.05, 3.63) is 64.7 Å². The Labute approximate surface area is 174 Å². The van der Waals surface area contributed by atoms with E-state index < -0.39 is 17.9 Å². The summed E-state index contributed by atoms with van der Waals surface area (Å²) in [6.07, 6.45) is 0.823. The van der Waals surface area contributed by atoms with Crippen molar-refractivity contribution in [3.63, 3.8) is 0 Å². The molecule has 7 nitrogen and oxygen atoms in total. The first-order valence-electron chi connectivity index (χ1n) is 9.20. The predicted molar refractivity (Wildman–Crippen MR) is 110 cm³/mol. The number of hydrazine groups is 1. The zero-order chi connectivity index (χ0) is 21.2. The first-order chi connectivity index (χ1) is 13.9. The van der Waals surface area contributed by atoms with Crippen molar-refractivity contribution in [1.82, 2.24) is 16.2 Å². The van der Waals surface area contributed by atoms with Crippen molar-refractivity contribution in [1.29, 1.82) is 0 Å². The molecule has 1 atom stereocenters. The van der Waals surface area contributed by atoms with Gasteiger partial charge in [0.05, 0.1) is 12.5 Å². The van der Waals surface area contributed by atoms with Crippen molar-refractivity contribution >= 4 is 29.3 Å². The van der Waals surface area contributed by atoms with Gasteiger partial charge in [-0.05, 0) is 35.7 Å². The Morgan fingerprint density at radius 2 is 1.66 bits per heavy atom. The second-order valence-electron chi connectivity index (χ2n) is 6.36. The summed E-state index contributed by atoms with van der Waals surface area (Å²) in [6.45, 7) is 3.16. The fourth-order valence-electron chi connectivity index (χ4n) is 2.62. The van der Waals surface area contributed by atoms with Crippen LogP contribution >= 0.6 is 11.6 Å². The molecule has 0 aliphatic carbocycles. The third-order valence-corrected chi connectivity index (χ3v) is 4.43. The number of ether oxygens (including phenoxy) is 1. The van der Waals surface area contributed by atoms with E-state index in [2.05, 4.69) is 16.2 Å². The average Bonchev–Trinajstić information content (AvgIpc) is 2.70. The summed E-state index contributed by atoms with van der Waals surface area (Å²) in [5, 5.41) is 3.13. The zero-order valence-electron chi connectivity index (χ0n) is 16.3. The molecule has 0 aliphatic rings. The number of halogens is 1. The highest BCUT2D eigenvalue weighted by molar-refractivity contribution is 6.31. The fourth-order valence-corrected chi connectivity index (χ4v) is 2.89. The van der Waals surface area contributed by atoms with Gasteiger partial charge in [0.2, 0.25) is 11.8 Å². The minimum absolute atomic E-state index is 0.0943. The number of rotatable bonds is 8. The SMILES string of the molecule is CCc1ccc(OCC(=O)NNC(=O)C[C@@H](NC(C)=O)c2ccccc2Cl)cc1. The van der Waals surface area contributed by atoms with E-state index in [0.717, 1.165) is 6.42 Å². The van der Waals surface area contributed by atoms with Crippen LogP contribution in [0.25, 0.3) is 0 Å². The number of aryl methyl sites for hydroxylation is 1. The first-order valence-corrected chi connectivity index (χ1v) is 9.57. The molecule has 0 radical (unpaired) electrons. The Morgan fingerprint density at radius 3 is 2.28 bits per heavy atom. The maximum atomic E-state index is 12.2. The molecule has 0 aliphatic heterocycles. The third kappa shape index (κ3) is 7.46. The molecule has 2 rings (SSSR count). The van der Waals surface area contributed by atoms with Gasteiger partial charge in [-0.2, -0.15) is 0 Å². The van der Waals surface area contributed by atoms with Gasteiger partial charge >= 0.3 is 0 Å². The van der Waals surface area contributed by atoms with Gasteiger partial charge < -0.3 is 10.1 Å². The van der Waals surface area contributed by atoms with E-state index in [0.29, 0.717) is 16.3 Å². The van der Waals surface area contributed by atoms with Gasteiger partial charge in [-0.3, -0.25) is 25.2 Å². The smallest absolute Gasteiger partial charge is 0.276 e. The van der Waals surface area contributed by atoms with Crippen molar-refractivity contribution in [2.75, 3.05) is 6.61 Å². The molecule has 0 spiro atoms. The van der Waals surface area contributed by atoms with Crippen LogP contribution in [0.1, 0.15) is 37.4 Å². The quantitative estimate of drug-likeness (QED) is 0.575. The molecule has 0 bridgehead atoms. The number of nitrogens with one attached hydrogen (secondary N) is 3. The molecule has 29 heavy (non-hydrogen) atoms. The van der Waals surface area contributed by atoms with E-state index in [-0.39, 0.29) is 18.9 Å². The Hall–Kier alpha value is -3.06. The Bertz CT molecular complexity index is 855. The summed E-state index contributed by atoms with van der Waals surface area (Å²) < 4.78 is 5.38. The summed E-state index contributed by atoms with van der Waals surface area (Å²) in [5.41, 5.74) is 6.39. The van der Waals surface area contributed by atoms with Crippen LogP contribution in [0.3, 0.4) is 0 Å². The topological polar surface area (TPSA) is 96.5 Å². The lowest BCUT2D eigenvalue weighted by molar-refractivity contribution is -0.130. The Kier molecular flexibility index (Phi) is 8.48. The van der Waals surface area contributed by atoms with Crippen LogP contribution in [0.4, 0.5) is 0 Å². The van der Waals surface area contributed by atoms with E-state index in [1.807, 2.05) is 19.1 Å². The number of benzene rings is 2. The van der Waals surface area contributed by atoms with Crippen LogP contribution in [-0.4, -0.2) is 24.3 Å². The molecular weight excluding hydrogens is 394 g/mol. The largest absolute Gasteiger partial charge is 0.484 e. The maximum absolute atomic E-state index is 12.2. The van der Waals surface area contributed by atoms with E-state index >= 15 is 0 Å². The van der Waals surface area contributed by atoms with Crippen molar-refractivity contribution < 1.29 is 19.1 Å². The second-order valence-corrected chi connectivity index (χ2v) is 6.77. The molecule has 0 unspecified atom stereocenters. The summed E-state index contributed by atoms with van der Waals surface area (Å²) >= 11 is 6.16. The summed E-state index contributed by atoms with van der Waals surface area (Å²) in [5.74, 6) is -0.724. The number of carbonyl (C=O) groups excluding carboxylic acids is 3. The minimum atomic E-state index is -0.619. The maximum Gasteiger partial charge on any atom is 0.276 e. The zero-order valence-corrected chi connectivity index (χ0v) is 17.1. The molecule has 0 saturated heterocycles. The second kappa shape index (κ2) is 11.1. The standard InChI is InChI=1S/C21H24ClN3O4/c1-3-15-8-10-16(11-9-15)29-13-21(28)25-24-20(27)12-19(23-14(2)26)17-6-4-5-7-18(17)22/h4-11,19H,3,12-13H2,1-2H3,(H,23,26)(H,24,27)(H,25,28)/t19-/m1/s1. The Balaban J connectivity index is 1.83. The predicted octanol–water partition coefficient (Wildman–Crippen LogP) is 2.70. The van der Waals surface area contributed by atoms with Gasteiger partial charge in [-0.15, -0.1) is 0 Å². The lowest BCUT2D eigenvalue weighted by Crippen LogP contribution is -2.45. The molecule has 2 aromatic carbocycles. The highest BCUT2D eigenvalue weighted by atomic mass is 35.5. The third-order valence-electron chi connectivity index (χ3n) is 4.09. The summed E-state index contributed by atoms with van der Waals surface area (Å²) in [6, 6.07) is 13.7. The number of amides is 3. The van der Waals surface area contributed by atoms with Crippen LogP contribution < -0.4 is 20.9 Å². The molecule has 154 valence electrons. The van der Waals surface area contributed by atoms with E-state index in [1.54, 1.807) is 36.4 Å². The van der Waals surface area contributed by atoms with Crippen molar-refractivity contribution in [2.45, 2.75) is 32.7 Å². The van der Waals surface area contributed by atoms with E-state index in [1.165, 1.54) is 12.5 Å². The summed E-state index contributed by atoms with van der Waals surface area (Å²) in [4.78, 5) is 35.6. The average molecular weight is 418 g/mol. The lowest BCUT2D eigenvalue weighted by Gasteiger charge is -2.19. The molecule has 0 aromatic heterocycles. The fraction of sp³-hybridized carbons (Fsp3) is 0.286. The first kappa shape index (κ1) is 22.2. The lowest BCUT2D eigenvalue weighted by atomic mass is 10.0. The van der Waals surface area contributed by atoms with E-state index in [4.69, 9.17) is 16.3 Å². The van der Waals surface area contributed by atoms with Gasteiger partial charge in [0.15, 0.2) is 6.61 Å². The monoisotopic (exact) mass is 417 g/mol. The molecule has 2 aromatic rings. The normalized spacial score (nSPS) is 11.3. The van der Waals surface area contributed by atoms with Crippen LogP contribution in [0.2, 0.25) is 5.02 Å². The molecule has 0 heterocycles. The highest BCUT2D eigenvalue weighted by Gasteiger charge is 2.19. The molecule has 3 N–H and O–H groups in total. The molecular formula is C21H24ClN3O4. The van der Waals surface area contributed by atoms with Crippen LogP contribution in [0.15, 0.2) is 48.5 Å². The van der Waals surface area contributed by atoms with Gasteiger partial charge in [0, 0.05) is 11.9 Å². The molecule has 3 amide bonds. The van der Waals surface area contributed by atoms with Gasteiger partial charge in [0.25, 0.3) is 5.91 Å². The number of carbonyl (C=O) groups is 3. The molecule has 8 heteroatoms. The Morgan fingerprint density at radius 1 is 1.00 bits per heavy atom. The number of hydrogen-bond donors (Lipinski definition) is 3. The minimum Gasteiger partial charge on any atom is -0.484 e. The van der Waals surface area contributed by atoms with E-state index in [9.17, 15) is 14.4 Å². The van der Waals surface area contributed by atoms with Crippen molar-refractivity contribution in [3.8, 4) is 5.75 Å².